The van der Waals surface area contributed by atoms with Gasteiger partial charge in [0.1, 0.15) is 0 Å². The topological polar surface area (TPSA) is 92.3 Å². The first-order valence-electron chi connectivity index (χ1n) is 9.26. The molecule has 1 aliphatic rings. The van der Waals surface area contributed by atoms with Gasteiger partial charge in [-0.05, 0) is 48.4 Å². The van der Waals surface area contributed by atoms with Gasteiger partial charge in [0.25, 0.3) is 5.91 Å². The highest BCUT2D eigenvalue weighted by atomic mass is 16.7. The van der Waals surface area contributed by atoms with E-state index in [1.165, 1.54) is 13.2 Å². The van der Waals surface area contributed by atoms with Crippen LogP contribution in [-0.2, 0) is 14.3 Å². The number of rotatable bonds is 8. The highest BCUT2D eigenvalue weighted by Gasteiger charge is 2.17. The molecule has 0 bridgehead atoms. The fraction of sp³-hybridized carbons (Fsp3) is 0.273. The molecule has 0 aliphatic carbocycles. The van der Waals surface area contributed by atoms with Crippen molar-refractivity contribution in [3.8, 4) is 23.0 Å². The zero-order chi connectivity index (χ0) is 21.5. The third-order valence-corrected chi connectivity index (χ3v) is 4.44. The first kappa shape index (κ1) is 21.0. The summed E-state index contributed by atoms with van der Waals surface area (Å²) in [5.74, 6) is 1.41. The second kappa shape index (κ2) is 9.69. The molecule has 1 heterocycles. The summed E-state index contributed by atoms with van der Waals surface area (Å²) in [6.45, 7) is 1.63. The maximum absolute atomic E-state index is 12.1. The van der Waals surface area contributed by atoms with E-state index in [9.17, 15) is 9.59 Å². The van der Waals surface area contributed by atoms with Crippen molar-refractivity contribution in [1.82, 2.24) is 5.32 Å². The Morgan fingerprint density at radius 2 is 1.83 bits per heavy atom. The van der Waals surface area contributed by atoms with Crippen LogP contribution in [0.3, 0.4) is 0 Å². The van der Waals surface area contributed by atoms with E-state index >= 15 is 0 Å². The maximum Gasteiger partial charge on any atom is 0.331 e. The molecular weight excluding hydrogens is 390 g/mol. The first-order chi connectivity index (χ1) is 14.5. The van der Waals surface area contributed by atoms with Crippen molar-refractivity contribution in [2.45, 2.75) is 13.0 Å². The summed E-state index contributed by atoms with van der Waals surface area (Å²) in [6.07, 6.45) is 2.81. The lowest BCUT2D eigenvalue weighted by molar-refractivity contribution is -0.144. The molecule has 30 heavy (non-hydrogen) atoms. The Labute approximate surface area is 174 Å². The van der Waals surface area contributed by atoms with Gasteiger partial charge >= 0.3 is 5.97 Å². The Kier molecular flexibility index (Phi) is 6.79. The van der Waals surface area contributed by atoms with Crippen molar-refractivity contribution in [3.05, 3.63) is 53.6 Å². The number of benzene rings is 2. The predicted octanol–water partition coefficient (Wildman–Crippen LogP) is 2.87. The van der Waals surface area contributed by atoms with Crippen LogP contribution in [0.4, 0.5) is 0 Å². The number of fused-ring (bicyclic) bond motifs is 1. The van der Waals surface area contributed by atoms with Crippen molar-refractivity contribution in [2.24, 2.45) is 0 Å². The van der Waals surface area contributed by atoms with Crippen molar-refractivity contribution in [1.29, 1.82) is 0 Å². The molecule has 8 nitrogen and oxygen atoms in total. The zero-order valence-electron chi connectivity index (χ0n) is 17.0. The molecule has 1 atom stereocenters. The standard InChI is InChI=1S/C22H23NO7/c1-14(16-6-8-18-20(11-16)30-13-29-18)23-21(24)12-28-22(25)9-5-15-4-7-17(26-2)19(10-15)27-3/h4-11,14H,12-13H2,1-3H3,(H,23,24)/b9-5+/t14-/m0/s1. The van der Waals surface area contributed by atoms with E-state index in [2.05, 4.69) is 5.32 Å². The molecule has 2 aromatic rings. The van der Waals surface area contributed by atoms with Gasteiger partial charge in [0.2, 0.25) is 6.79 Å². The minimum Gasteiger partial charge on any atom is -0.493 e. The summed E-state index contributed by atoms with van der Waals surface area (Å²) in [4.78, 5) is 24.0. The number of hydrogen-bond acceptors (Lipinski definition) is 7. The quantitative estimate of drug-likeness (QED) is 0.525. The summed E-state index contributed by atoms with van der Waals surface area (Å²) in [7, 11) is 3.08. The lowest BCUT2D eigenvalue weighted by Gasteiger charge is -2.14. The molecule has 0 fully saturated rings. The maximum atomic E-state index is 12.1. The molecule has 2 aromatic carbocycles. The van der Waals surface area contributed by atoms with Crippen LogP contribution in [0, 0.1) is 0 Å². The average molecular weight is 413 g/mol. The summed E-state index contributed by atoms with van der Waals surface area (Å²) in [5.41, 5.74) is 1.58. The SMILES string of the molecule is COc1ccc(/C=C/C(=O)OCC(=O)N[C@@H](C)c2ccc3c(c2)OCO3)cc1OC. The van der Waals surface area contributed by atoms with Gasteiger partial charge in [0, 0.05) is 6.08 Å². The van der Waals surface area contributed by atoms with Crippen molar-refractivity contribution >= 4 is 18.0 Å². The number of nitrogens with one attached hydrogen (secondary N) is 1. The van der Waals surface area contributed by atoms with Gasteiger partial charge in [-0.25, -0.2) is 4.79 Å². The van der Waals surface area contributed by atoms with Crippen LogP contribution in [0.5, 0.6) is 23.0 Å². The minimum atomic E-state index is -0.629. The molecule has 1 aliphatic heterocycles. The van der Waals surface area contributed by atoms with Crippen LogP contribution in [0.1, 0.15) is 24.1 Å². The number of hydrogen-bond donors (Lipinski definition) is 1. The van der Waals surface area contributed by atoms with Crippen LogP contribution in [0.2, 0.25) is 0 Å². The second-order valence-electron chi connectivity index (χ2n) is 6.46. The third kappa shape index (κ3) is 5.22. The lowest BCUT2D eigenvalue weighted by atomic mass is 10.1. The van der Waals surface area contributed by atoms with Crippen molar-refractivity contribution in [3.63, 3.8) is 0 Å². The number of carbonyl (C=O) groups excluding carboxylic acids is 2. The highest BCUT2D eigenvalue weighted by molar-refractivity contribution is 5.89. The van der Waals surface area contributed by atoms with Crippen LogP contribution >= 0.6 is 0 Å². The van der Waals surface area contributed by atoms with E-state index in [1.54, 1.807) is 37.5 Å². The van der Waals surface area contributed by atoms with Crippen molar-refractivity contribution < 1.29 is 33.3 Å². The van der Waals surface area contributed by atoms with Crippen LogP contribution in [0.15, 0.2) is 42.5 Å². The smallest absolute Gasteiger partial charge is 0.331 e. The van der Waals surface area contributed by atoms with Crippen LogP contribution in [0.25, 0.3) is 6.08 Å². The second-order valence-corrected chi connectivity index (χ2v) is 6.46. The Morgan fingerprint density at radius 1 is 1.07 bits per heavy atom. The molecular formula is C22H23NO7. The molecule has 1 N–H and O–H groups in total. The molecule has 0 spiro atoms. The highest BCUT2D eigenvalue weighted by Crippen LogP contribution is 2.34. The van der Waals surface area contributed by atoms with Gasteiger partial charge in [-0.3, -0.25) is 4.79 Å². The first-order valence-corrected chi connectivity index (χ1v) is 9.26. The predicted molar refractivity (Wildman–Crippen MR) is 109 cm³/mol. The largest absolute Gasteiger partial charge is 0.493 e. The zero-order valence-corrected chi connectivity index (χ0v) is 17.0. The van der Waals surface area contributed by atoms with Crippen molar-refractivity contribution in [2.75, 3.05) is 27.6 Å². The van der Waals surface area contributed by atoms with Gasteiger partial charge in [-0.2, -0.15) is 0 Å². The number of carbonyl (C=O) groups is 2. The van der Waals surface area contributed by atoms with E-state index in [0.29, 0.717) is 23.0 Å². The average Bonchev–Trinajstić information content (AvgIpc) is 3.23. The van der Waals surface area contributed by atoms with Gasteiger partial charge in [-0.1, -0.05) is 12.1 Å². The summed E-state index contributed by atoms with van der Waals surface area (Å²) in [5, 5.41) is 2.78. The third-order valence-electron chi connectivity index (χ3n) is 4.44. The molecule has 8 heteroatoms. The van der Waals surface area contributed by atoms with Crippen LogP contribution < -0.4 is 24.3 Å². The number of methoxy groups -OCH3 is 2. The van der Waals surface area contributed by atoms with Gasteiger partial charge in [-0.15, -0.1) is 0 Å². The summed E-state index contributed by atoms with van der Waals surface area (Å²) < 4.78 is 26.0. The monoisotopic (exact) mass is 413 g/mol. The normalized spacial score (nSPS) is 13.0. The Hall–Kier alpha value is -3.68. The molecule has 0 saturated heterocycles. The summed E-state index contributed by atoms with van der Waals surface area (Å²) in [6, 6.07) is 10.4. The molecule has 0 radical (unpaired) electrons. The van der Waals surface area contributed by atoms with Crippen LogP contribution in [-0.4, -0.2) is 39.5 Å². The van der Waals surface area contributed by atoms with E-state index in [4.69, 9.17) is 23.7 Å². The van der Waals surface area contributed by atoms with Gasteiger partial charge < -0.3 is 29.0 Å². The number of esters is 1. The van der Waals surface area contributed by atoms with Gasteiger partial charge in [0.05, 0.1) is 20.3 Å². The molecule has 158 valence electrons. The van der Waals surface area contributed by atoms with E-state index < -0.39 is 11.9 Å². The fourth-order valence-corrected chi connectivity index (χ4v) is 2.85. The molecule has 1 amide bonds. The minimum absolute atomic E-state index is 0.187. The number of ether oxygens (including phenoxy) is 5. The molecule has 0 saturated carbocycles. The fourth-order valence-electron chi connectivity index (χ4n) is 2.85. The molecule has 3 rings (SSSR count). The van der Waals surface area contributed by atoms with Gasteiger partial charge in [0.15, 0.2) is 29.6 Å². The Morgan fingerprint density at radius 3 is 2.60 bits per heavy atom. The molecule has 0 aromatic heterocycles. The summed E-state index contributed by atoms with van der Waals surface area (Å²) >= 11 is 0. The Bertz CT molecular complexity index is 954. The van der Waals surface area contributed by atoms with E-state index in [-0.39, 0.29) is 19.4 Å². The Balaban J connectivity index is 1.48. The van der Waals surface area contributed by atoms with E-state index in [0.717, 1.165) is 11.1 Å². The van der Waals surface area contributed by atoms with E-state index in [1.807, 2.05) is 19.1 Å². The molecule has 0 unspecified atom stereocenters. The lowest BCUT2D eigenvalue weighted by Crippen LogP contribution is -2.30. The number of amides is 1.